The number of H-pyrrole nitrogens is 1. The Morgan fingerprint density at radius 1 is 1.19 bits per heavy atom. The predicted molar refractivity (Wildman–Crippen MR) is 85.0 cm³/mol. The molecule has 0 unspecified atom stereocenters. The lowest BCUT2D eigenvalue weighted by Crippen LogP contribution is -2.42. The van der Waals surface area contributed by atoms with Gasteiger partial charge in [0.1, 0.15) is 5.82 Å². The van der Waals surface area contributed by atoms with Crippen LogP contribution in [0.15, 0.2) is 42.7 Å². The summed E-state index contributed by atoms with van der Waals surface area (Å²) in [6.45, 7) is 4.47. The molecule has 0 amide bonds. The van der Waals surface area contributed by atoms with Gasteiger partial charge in [0.15, 0.2) is 0 Å². The number of rotatable bonds is 6. The van der Waals surface area contributed by atoms with Crippen molar-refractivity contribution in [3.8, 4) is 0 Å². The molecule has 0 radical (unpaired) electrons. The summed E-state index contributed by atoms with van der Waals surface area (Å²) in [4.78, 5) is 9.96. The van der Waals surface area contributed by atoms with Crippen LogP contribution in [0.3, 0.4) is 0 Å². The van der Waals surface area contributed by atoms with E-state index in [-0.39, 0.29) is 0 Å². The Labute approximate surface area is 126 Å². The third kappa shape index (κ3) is 4.41. The van der Waals surface area contributed by atoms with Gasteiger partial charge in [0.2, 0.25) is 0 Å². The number of hydrogen-bond donors (Lipinski definition) is 2. The van der Waals surface area contributed by atoms with Crippen molar-refractivity contribution >= 4 is 0 Å². The monoisotopic (exact) mass is 284 g/mol. The largest absolute Gasteiger partial charge is 0.349 e. The molecule has 1 saturated heterocycles. The summed E-state index contributed by atoms with van der Waals surface area (Å²) in [5.41, 5.74) is 1.42. The number of nitrogens with zero attached hydrogens (tertiary/aromatic N) is 2. The van der Waals surface area contributed by atoms with Crippen molar-refractivity contribution in [3.05, 3.63) is 54.1 Å². The average Bonchev–Trinajstić information content (AvgIpc) is 3.03. The van der Waals surface area contributed by atoms with Gasteiger partial charge >= 0.3 is 0 Å². The number of likely N-dealkylation sites (tertiary alicyclic amines) is 1. The summed E-state index contributed by atoms with van der Waals surface area (Å²) in [6, 6.07) is 11.4. The molecule has 0 spiro atoms. The second kappa shape index (κ2) is 7.38. The van der Waals surface area contributed by atoms with Crippen molar-refractivity contribution in [2.24, 2.45) is 0 Å². The number of benzene rings is 1. The van der Waals surface area contributed by atoms with Crippen LogP contribution in [-0.4, -0.2) is 40.5 Å². The number of hydrogen-bond acceptors (Lipinski definition) is 3. The second-order valence-corrected chi connectivity index (χ2v) is 5.78. The van der Waals surface area contributed by atoms with Crippen LogP contribution in [-0.2, 0) is 13.0 Å². The molecule has 21 heavy (non-hydrogen) atoms. The Bertz CT molecular complexity index is 501. The number of aromatic amines is 1. The lowest BCUT2D eigenvalue weighted by molar-refractivity contribution is 0.191. The molecule has 1 aromatic carbocycles. The third-order valence-electron chi connectivity index (χ3n) is 4.19. The van der Waals surface area contributed by atoms with Crippen molar-refractivity contribution in [2.45, 2.75) is 31.8 Å². The maximum Gasteiger partial charge on any atom is 0.107 e. The van der Waals surface area contributed by atoms with Gasteiger partial charge in [-0.25, -0.2) is 4.98 Å². The number of imidazole rings is 1. The highest BCUT2D eigenvalue weighted by Crippen LogP contribution is 2.13. The smallest absolute Gasteiger partial charge is 0.107 e. The van der Waals surface area contributed by atoms with Crippen LogP contribution in [0.2, 0.25) is 0 Å². The van der Waals surface area contributed by atoms with E-state index in [9.17, 15) is 0 Å². The van der Waals surface area contributed by atoms with E-state index >= 15 is 0 Å². The van der Waals surface area contributed by atoms with Crippen molar-refractivity contribution in [3.63, 3.8) is 0 Å². The van der Waals surface area contributed by atoms with Crippen LogP contribution in [0.1, 0.15) is 24.2 Å². The Morgan fingerprint density at radius 3 is 2.71 bits per heavy atom. The zero-order valence-electron chi connectivity index (χ0n) is 12.5. The zero-order valence-corrected chi connectivity index (χ0v) is 12.5. The summed E-state index contributed by atoms with van der Waals surface area (Å²) in [6.07, 6.45) is 7.17. The second-order valence-electron chi connectivity index (χ2n) is 5.78. The fourth-order valence-electron chi connectivity index (χ4n) is 2.97. The lowest BCUT2D eigenvalue weighted by atomic mass is 10.0. The minimum atomic E-state index is 0.659. The van der Waals surface area contributed by atoms with Gasteiger partial charge in [-0.3, -0.25) is 4.90 Å². The molecule has 4 heteroatoms. The molecule has 0 atom stereocenters. The maximum absolute atomic E-state index is 4.25. The van der Waals surface area contributed by atoms with Crippen molar-refractivity contribution in [2.75, 3.05) is 19.6 Å². The van der Waals surface area contributed by atoms with E-state index in [0.29, 0.717) is 6.04 Å². The standard InChI is InChI=1S/C17H24N4/c1-2-4-15(5-3-1)14-21-12-7-16(8-13-21)18-9-6-17-19-10-11-20-17/h1-5,10-11,16,18H,6-9,12-14H2,(H,19,20). The molecule has 1 aromatic heterocycles. The van der Waals surface area contributed by atoms with Crippen LogP contribution >= 0.6 is 0 Å². The van der Waals surface area contributed by atoms with E-state index in [1.54, 1.807) is 0 Å². The van der Waals surface area contributed by atoms with Crippen LogP contribution < -0.4 is 5.32 Å². The van der Waals surface area contributed by atoms with Crippen LogP contribution in [0.4, 0.5) is 0 Å². The molecule has 1 aliphatic heterocycles. The minimum absolute atomic E-state index is 0.659. The first-order valence-electron chi connectivity index (χ1n) is 7.88. The van der Waals surface area contributed by atoms with Gasteiger partial charge in [0.25, 0.3) is 0 Å². The molecule has 1 fully saturated rings. The molecule has 112 valence electrons. The highest BCUT2D eigenvalue weighted by molar-refractivity contribution is 5.14. The molecule has 2 N–H and O–H groups in total. The van der Waals surface area contributed by atoms with Crippen LogP contribution in [0, 0.1) is 0 Å². The highest BCUT2D eigenvalue weighted by atomic mass is 15.1. The van der Waals surface area contributed by atoms with E-state index in [4.69, 9.17) is 0 Å². The van der Waals surface area contributed by atoms with Gasteiger partial charge in [-0.2, -0.15) is 0 Å². The van der Waals surface area contributed by atoms with Gasteiger partial charge in [0, 0.05) is 37.9 Å². The highest BCUT2D eigenvalue weighted by Gasteiger charge is 2.18. The molecule has 0 bridgehead atoms. The Hall–Kier alpha value is -1.65. The fourth-order valence-corrected chi connectivity index (χ4v) is 2.97. The van der Waals surface area contributed by atoms with Gasteiger partial charge in [-0.1, -0.05) is 30.3 Å². The fraction of sp³-hybridized carbons (Fsp3) is 0.471. The Morgan fingerprint density at radius 2 is 2.00 bits per heavy atom. The summed E-state index contributed by atoms with van der Waals surface area (Å²) < 4.78 is 0. The number of nitrogens with one attached hydrogen (secondary N) is 2. The first-order chi connectivity index (χ1) is 10.4. The minimum Gasteiger partial charge on any atom is -0.349 e. The molecular weight excluding hydrogens is 260 g/mol. The third-order valence-corrected chi connectivity index (χ3v) is 4.19. The molecule has 1 aliphatic rings. The summed E-state index contributed by atoms with van der Waals surface area (Å²) >= 11 is 0. The SMILES string of the molecule is c1ccc(CN2CCC(NCCc3ncc[nH]3)CC2)cc1. The molecule has 0 saturated carbocycles. The van der Waals surface area contributed by atoms with Gasteiger partial charge in [0.05, 0.1) is 0 Å². The quantitative estimate of drug-likeness (QED) is 0.855. The van der Waals surface area contributed by atoms with E-state index in [0.717, 1.165) is 25.3 Å². The molecule has 4 nitrogen and oxygen atoms in total. The van der Waals surface area contributed by atoms with Crippen molar-refractivity contribution in [1.29, 1.82) is 0 Å². The maximum atomic E-state index is 4.25. The van der Waals surface area contributed by atoms with Crippen LogP contribution in [0.25, 0.3) is 0 Å². The van der Waals surface area contributed by atoms with Gasteiger partial charge < -0.3 is 10.3 Å². The Balaban J connectivity index is 1.35. The summed E-state index contributed by atoms with van der Waals surface area (Å²) in [5.74, 6) is 1.07. The molecule has 3 rings (SSSR count). The normalized spacial score (nSPS) is 17.1. The number of aromatic nitrogens is 2. The van der Waals surface area contributed by atoms with E-state index in [1.165, 1.54) is 31.5 Å². The topological polar surface area (TPSA) is 44.0 Å². The molecular formula is C17H24N4. The Kier molecular flexibility index (Phi) is 5.03. The van der Waals surface area contributed by atoms with Gasteiger partial charge in [-0.05, 0) is 31.5 Å². The molecule has 2 heterocycles. The van der Waals surface area contributed by atoms with Crippen molar-refractivity contribution < 1.29 is 0 Å². The first kappa shape index (κ1) is 14.3. The van der Waals surface area contributed by atoms with E-state index in [2.05, 4.69) is 50.5 Å². The van der Waals surface area contributed by atoms with Gasteiger partial charge in [-0.15, -0.1) is 0 Å². The summed E-state index contributed by atoms with van der Waals surface area (Å²) in [7, 11) is 0. The molecule has 2 aromatic rings. The summed E-state index contributed by atoms with van der Waals surface area (Å²) in [5, 5.41) is 3.66. The number of piperidine rings is 1. The zero-order chi connectivity index (χ0) is 14.3. The average molecular weight is 284 g/mol. The predicted octanol–water partition coefficient (Wildman–Crippen LogP) is 2.21. The molecule has 0 aliphatic carbocycles. The van der Waals surface area contributed by atoms with Crippen molar-refractivity contribution in [1.82, 2.24) is 20.2 Å². The van der Waals surface area contributed by atoms with E-state index < -0.39 is 0 Å². The lowest BCUT2D eigenvalue weighted by Gasteiger charge is -2.32. The van der Waals surface area contributed by atoms with Crippen LogP contribution in [0.5, 0.6) is 0 Å². The first-order valence-corrected chi connectivity index (χ1v) is 7.88. The van der Waals surface area contributed by atoms with E-state index in [1.807, 2.05) is 12.4 Å².